The monoisotopic (exact) mass is 157 g/mol. The van der Waals surface area contributed by atoms with E-state index in [-0.39, 0.29) is 0 Å². The van der Waals surface area contributed by atoms with Gasteiger partial charge in [-0.05, 0) is 38.3 Å². The van der Waals surface area contributed by atoms with Crippen molar-refractivity contribution in [3.8, 4) is 0 Å². The molecule has 1 N–H and O–H groups in total. The van der Waals surface area contributed by atoms with Crippen molar-refractivity contribution in [2.75, 3.05) is 26.8 Å². The highest BCUT2D eigenvalue weighted by molar-refractivity contribution is 4.77. The van der Waals surface area contributed by atoms with Gasteiger partial charge in [-0.1, -0.05) is 6.92 Å². The highest BCUT2D eigenvalue weighted by Crippen LogP contribution is 2.32. The lowest BCUT2D eigenvalue weighted by molar-refractivity contribution is 0.0202. The fourth-order valence-electron chi connectivity index (χ4n) is 1.54. The summed E-state index contributed by atoms with van der Waals surface area (Å²) in [5, 5.41) is 3.20. The molecule has 0 bridgehead atoms. The van der Waals surface area contributed by atoms with Gasteiger partial charge in [0.2, 0.25) is 0 Å². The predicted octanol–water partition coefficient (Wildman–Crippen LogP) is 1.41. The summed E-state index contributed by atoms with van der Waals surface area (Å²) in [5.74, 6) is 0. The highest BCUT2D eigenvalue weighted by Gasteiger charge is 2.26. The molecule has 11 heavy (non-hydrogen) atoms. The van der Waals surface area contributed by atoms with Crippen molar-refractivity contribution in [1.82, 2.24) is 5.32 Å². The molecule has 0 amide bonds. The molecule has 0 aromatic heterocycles. The van der Waals surface area contributed by atoms with Crippen LogP contribution in [0.2, 0.25) is 0 Å². The third-order valence-corrected chi connectivity index (χ3v) is 2.68. The van der Waals surface area contributed by atoms with Crippen molar-refractivity contribution in [2.24, 2.45) is 5.41 Å². The third-order valence-electron chi connectivity index (χ3n) is 2.68. The van der Waals surface area contributed by atoms with Crippen LogP contribution in [0.15, 0.2) is 0 Å². The van der Waals surface area contributed by atoms with E-state index in [1.165, 1.54) is 19.3 Å². The van der Waals surface area contributed by atoms with Gasteiger partial charge in [0.15, 0.2) is 0 Å². The Balaban J connectivity index is 2.25. The van der Waals surface area contributed by atoms with Gasteiger partial charge < -0.3 is 10.1 Å². The second-order valence-electron chi connectivity index (χ2n) is 3.78. The molecular formula is C9H19NO. The molecule has 2 heteroatoms. The maximum absolute atomic E-state index is 5.32. The first-order chi connectivity index (χ1) is 5.27. The lowest BCUT2D eigenvalue weighted by Gasteiger charge is -2.33. The minimum absolute atomic E-state index is 0.543. The SMILES string of the molecule is CNCCC1(C)CCOCC1. The van der Waals surface area contributed by atoms with Gasteiger partial charge in [-0.15, -0.1) is 0 Å². The number of hydrogen-bond donors (Lipinski definition) is 1. The van der Waals surface area contributed by atoms with Crippen molar-refractivity contribution in [1.29, 1.82) is 0 Å². The smallest absolute Gasteiger partial charge is 0.0471 e. The molecule has 0 unspecified atom stereocenters. The van der Waals surface area contributed by atoms with Crippen LogP contribution in [-0.2, 0) is 4.74 Å². The van der Waals surface area contributed by atoms with Gasteiger partial charge in [0.1, 0.15) is 0 Å². The van der Waals surface area contributed by atoms with E-state index in [2.05, 4.69) is 12.2 Å². The van der Waals surface area contributed by atoms with Crippen LogP contribution in [0.5, 0.6) is 0 Å². The fourth-order valence-corrected chi connectivity index (χ4v) is 1.54. The summed E-state index contributed by atoms with van der Waals surface area (Å²) in [6, 6.07) is 0. The summed E-state index contributed by atoms with van der Waals surface area (Å²) in [6.07, 6.45) is 3.75. The molecule has 1 saturated heterocycles. The zero-order valence-electron chi connectivity index (χ0n) is 7.65. The maximum Gasteiger partial charge on any atom is 0.0471 e. The highest BCUT2D eigenvalue weighted by atomic mass is 16.5. The largest absolute Gasteiger partial charge is 0.381 e. The molecule has 0 aromatic rings. The predicted molar refractivity (Wildman–Crippen MR) is 46.7 cm³/mol. The quantitative estimate of drug-likeness (QED) is 0.669. The zero-order valence-corrected chi connectivity index (χ0v) is 7.65. The van der Waals surface area contributed by atoms with E-state index in [1.807, 2.05) is 7.05 Å². The molecule has 0 aromatic carbocycles. The Labute approximate surface area is 69.3 Å². The molecule has 66 valence electrons. The standard InChI is InChI=1S/C9H19NO/c1-9(3-6-10-2)4-7-11-8-5-9/h10H,3-8H2,1-2H3. The van der Waals surface area contributed by atoms with Gasteiger partial charge in [0.05, 0.1) is 0 Å². The second-order valence-corrected chi connectivity index (χ2v) is 3.78. The topological polar surface area (TPSA) is 21.3 Å². The summed E-state index contributed by atoms with van der Waals surface area (Å²) < 4.78 is 5.32. The molecule has 0 atom stereocenters. The van der Waals surface area contributed by atoms with Gasteiger partial charge in [-0.25, -0.2) is 0 Å². The van der Waals surface area contributed by atoms with Crippen LogP contribution < -0.4 is 5.32 Å². The first kappa shape index (κ1) is 9.01. The first-order valence-corrected chi connectivity index (χ1v) is 4.49. The van der Waals surface area contributed by atoms with Crippen LogP contribution in [-0.4, -0.2) is 26.8 Å². The van der Waals surface area contributed by atoms with Crippen molar-refractivity contribution in [3.63, 3.8) is 0 Å². The van der Waals surface area contributed by atoms with Gasteiger partial charge in [0.25, 0.3) is 0 Å². The van der Waals surface area contributed by atoms with Crippen LogP contribution in [0.1, 0.15) is 26.2 Å². The van der Waals surface area contributed by atoms with Gasteiger partial charge >= 0.3 is 0 Å². The molecule has 2 nitrogen and oxygen atoms in total. The van der Waals surface area contributed by atoms with E-state index >= 15 is 0 Å². The Hall–Kier alpha value is -0.0800. The van der Waals surface area contributed by atoms with E-state index in [9.17, 15) is 0 Å². The minimum atomic E-state index is 0.543. The van der Waals surface area contributed by atoms with E-state index < -0.39 is 0 Å². The van der Waals surface area contributed by atoms with Crippen molar-refractivity contribution >= 4 is 0 Å². The summed E-state index contributed by atoms with van der Waals surface area (Å²) in [6.45, 7) is 5.42. The summed E-state index contributed by atoms with van der Waals surface area (Å²) in [7, 11) is 2.02. The second kappa shape index (κ2) is 4.07. The number of ether oxygens (including phenoxy) is 1. The lowest BCUT2D eigenvalue weighted by Crippen LogP contribution is -2.29. The van der Waals surface area contributed by atoms with Crippen LogP contribution in [0.3, 0.4) is 0 Å². The number of hydrogen-bond acceptors (Lipinski definition) is 2. The van der Waals surface area contributed by atoms with E-state index in [0.29, 0.717) is 5.41 Å². The molecule has 0 aliphatic carbocycles. The number of nitrogens with one attached hydrogen (secondary N) is 1. The Morgan fingerprint density at radius 1 is 1.36 bits per heavy atom. The summed E-state index contributed by atoms with van der Waals surface area (Å²) in [5.41, 5.74) is 0.543. The molecule has 0 spiro atoms. The molecular weight excluding hydrogens is 138 g/mol. The summed E-state index contributed by atoms with van der Waals surface area (Å²) in [4.78, 5) is 0. The third kappa shape index (κ3) is 2.80. The van der Waals surface area contributed by atoms with E-state index in [4.69, 9.17) is 4.74 Å². The van der Waals surface area contributed by atoms with Crippen molar-refractivity contribution in [3.05, 3.63) is 0 Å². The average Bonchev–Trinajstić information content (AvgIpc) is 2.03. The van der Waals surface area contributed by atoms with Crippen molar-refractivity contribution in [2.45, 2.75) is 26.2 Å². The van der Waals surface area contributed by atoms with E-state index in [1.54, 1.807) is 0 Å². The number of rotatable bonds is 3. The molecule has 1 fully saturated rings. The molecule has 1 rings (SSSR count). The van der Waals surface area contributed by atoms with Gasteiger partial charge in [-0.3, -0.25) is 0 Å². The zero-order chi connectivity index (χ0) is 8.16. The molecule has 0 radical (unpaired) electrons. The van der Waals surface area contributed by atoms with Crippen molar-refractivity contribution < 1.29 is 4.74 Å². The normalized spacial score (nSPS) is 23.5. The first-order valence-electron chi connectivity index (χ1n) is 4.49. The maximum atomic E-state index is 5.32. The van der Waals surface area contributed by atoms with E-state index in [0.717, 1.165) is 19.8 Å². The minimum Gasteiger partial charge on any atom is -0.381 e. The Morgan fingerprint density at radius 2 is 2.00 bits per heavy atom. The van der Waals surface area contributed by atoms with Crippen LogP contribution in [0.25, 0.3) is 0 Å². The molecule has 1 aliphatic rings. The van der Waals surface area contributed by atoms with Crippen LogP contribution in [0, 0.1) is 5.41 Å². The van der Waals surface area contributed by atoms with Crippen LogP contribution >= 0.6 is 0 Å². The fraction of sp³-hybridized carbons (Fsp3) is 1.00. The summed E-state index contributed by atoms with van der Waals surface area (Å²) >= 11 is 0. The Morgan fingerprint density at radius 3 is 2.55 bits per heavy atom. The van der Waals surface area contributed by atoms with Gasteiger partial charge in [0, 0.05) is 13.2 Å². The Kier molecular flexibility index (Phi) is 3.34. The molecule has 1 aliphatic heterocycles. The Bertz CT molecular complexity index is 108. The van der Waals surface area contributed by atoms with Crippen LogP contribution in [0.4, 0.5) is 0 Å². The lowest BCUT2D eigenvalue weighted by atomic mass is 9.79. The molecule has 0 saturated carbocycles. The average molecular weight is 157 g/mol. The molecule has 1 heterocycles. The van der Waals surface area contributed by atoms with Gasteiger partial charge in [-0.2, -0.15) is 0 Å².